The van der Waals surface area contributed by atoms with E-state index in [9.17, 15) is 4.79 Å². The van der Waals surface area contributed by atoms with Crippen molar-refractivity contribution in [3.8, 4) is 11.1 Å². The van der Waals surface area contributed by atoms with Crippen LogP contribution in [0.15, 0.2) is 77.4 Å². The van der Waals surface area contributed by atoms with Crippen LogP contribution >= 0.6 is 0 Å². The maximum Gasteiger partial charge on any atom is 0.259 e. The van der Waals surface area contributed by atoms with Crippen LogP contribution < -0.4 is 11.0 Å². The Morgan fingerprint density at radius 1 is 1.15 bits per heavy atom. The molecule has 1 saturated carbocycles. The first-order chi connectivity index (χ1) is 19.2. The van der Waals surface area contributed by atoms with Crippen LogP contribution in [0.25, 0.3) is 16.9 Å². The molecule has 2 heterocycles. The average Bonchev–Trinajstić information content (AvgIpc) is 3.45. The van der Waals surface area contributed by atoms with Crippen LogP contribution in [0.3, 0.4) is 0 Å². The summed E-state index contributed by atoms with van der Waals surface area (Å²) in [4.78, 5) is 28.1. The fraction of sp³-hybridized carbons (Fsp3) is 0.355. The lowest BCUT2D eigenvalue weighted by Gasteiger charge is -2.25. The van der Waals surface area contributed by atoms with Crippen molar-refractivity contribution in [2.24, 2.45) is 4.99 Å². The van der Waals surface area contributed by atoms with Crippen molar-refractivity contribution < 1.29 is 4.84 Å². The van der Waals surface area contributed by atoms with Gasteiger partial charge >= 0.3 is 0 Å². The highest BCUT2D eigenvalue weighted by Gasteiger charge is 2.24. The molecule has 2 aromatic heterocycles. The zero-order valence-electron chi connectivity index (χ0n) is 22.8. The van der Waals surface area contributed by atoms with Crippen molar-refractivity contribution in [3.05, 3.63) is 100 Å². The van der Waals surface area contributed by atoms with E-state index in [2.05, 4.69) is 64.4 Å². The first-order valence-electron chi connectivity index (χ1n) is 13.8. The number of fused-ring (bicyclic) bond motifs is 1. The maximum absolute atomic E-state index is 14.1. The molecule has 8 heteroatoms. The standard InChI is InChI=1S/C31H36N6O2/c1-4-11-28-27(30(38)36(24-12-7-6-8-13-24)31-33-21-34-37(28)31)20-22-16-18-23(19-17-22)25-14-9-10-15-26(25)29(32-5-2)35-39-3/h5,9-10,14-19,21,24H,2,4,6-8,11-13,20H2,1,3H3,(H,32,35). The highest BCUT2D eigenvalue weighted by Crippen LogP contribution is 2.29. The highest BCUT2D eigenvalue weighted by molar-refractivity contribution is 6.04. The molecule has 0 amide bonds. The number of hydrogen-bond donors (Lipinski definition) is 1. The summed E-state index contributed by atoms with van der Waals surface area (Å²) in [6.07, 6.45) is 10.9. The van der Waals surface area contributed by atoms with Gasteiger partial charge in [-0.25, -0.2) is 15.0 Å². The monoisotopic (exact) mass is 524 g/mol. The fourth-order valence-electron chi connectivity index (χ4n) is 5.70. The number of amidine groups is 1. The smallest absolute Gasteiger partial charge is 0.259 e. The molecule has 1 aliphatic rings. The molecule has 1 aliphatic carbocycles. The molecule has 1 N–H and O–H groups in total. The van der Waals surface area contributed by atoms with Gasteiger partial charge in [0.1, 0.15) is 6.33 Å². The van der Waals surface area contributed by atoms with E-state index in [1.807, 2.05) is 27.3 Å². The van der Waals surface area contributed by atoms with Gasteiger partial charge in [0.15, 0.2) is 5.84 Å². The van der Waals surface area contributed by atoms with E-state index in [0.29, 0.717) is 18.0 Å². The lowest BCUT2D eigenvalue weighted by molar-refractivity contribution is 0.145. The number of hydrogen-bond acceptors (Lipinski definition) is 5. The molecule has 1 fully saturated rings. The number of hydroxylamine groups is 1. The van der Waals surface area contributed by atoms with Crippen LogP contribution in [-0.4, -0.2) is 32.1 Å². The van der Waals surface area contributed by atoms with E-state index in [4.69, 9.17) is 4.84 Å². The molecule has 0 bridgehead atoms. The predicted octanol–water partition coefficient (Wildman–Crippen LogP) is 5.65. The first-order valence-corrected chi connectivity index (χ1v) is 13.8. The summed E-state index contributed by atoms with van der Waals surface area (Å²) in [7, 11) is 1.56. The number of nitrogens with one attached hydrogen (secondary N) is 1. The molecule has 2 aromatic carbocycles. The van der Waals surface area contributed by atoms with Gasteiger partial charge < -0.3 is 0 Å². The van der Waals surface area contributed by atoms with Crippen molar-refractivity contribution in [1.82, 2.24) is 24.6 Å². The second-order valence-electron chi connectivity index (χ2n) is 10.00. The SMILES string of the molecule is C=CN=C(NOC)c1ccccc1-c1ccc(Cc2c(CCC)n3ncnc3n(C3CCCCC3)c2=O)cc1. The molecule has 0 atom stereocenters. The van der Waals surface area contributed by atoms with E-state index in [0.717, 1.165) is 72.0 Å². The second-order valence-corrected chi connectivity index (χ2v) is 10.00. The van der Waals surface area contributed by atoms with Crippen LogP contribution in [0.4, 0.5) is 0 Å². The van der Waals surface area contributed by atoms with E-state index in [1.54, 1.807) is 13.4 Å². The van der Waals surface area contributed by atoms with Crippen LogP contribution in [0, 0.1) is 0 Å². The zero-order chi connectivity index (χ0) is 27.2. The van der Waals surface area contributed by atoms with Crippen LogP contribution in [0.1, 0.15) is 73.9 Å². The number of aromatic nitrogens is 4. The summed E-state index contributed by atoms with van der Waals surface area (Å²) in [6.45, 7) is 5.85. The average molecular weight is 525 g/mol. The third kappa shape index (κ3) is 5.43. The van der Waals surface area contributed by atoms with Crippen molar-refractivity contribution in [2.75, 3.05) is 7.11 Å². The minimum atomic E-state index is 0.0798. The number of aryl methyl sites for hydroxylation is 1. The Bertz CT molecular complexity index is 1530. The molecular formula is C31H36N6O2. The fourth-order valence-corrected chi connectivity index (χ4v) is 5.70. The van der Waals surface area contributed by atoms with Crippen LogP contribution in [0.5, 0.6) is 0 Å². The van der Waals surface area contributed by atoms with E-state index in [-0.39, 0.29) is 11.6 Å². The van der Waals surface area contributed by atoms with E-state index < -0.39 is 0 Å². The molecule has 5 rings (SSSR count). The minimum absolute atomic E-state index is 0.0798. The Balaban J connectivity index is 1.53. The quantitative estimate of drug-likeness (QED) is 0.174. The summed E-state index contributed by atoms with van der Waals surface area (Å²) in [5.41, 5.74) is 8.76. The van der Waals surface area contributed by atoms with Crippen LogP contribution in [-0.2, 0) is 17.7 Å². The number of benzene rings is 2. The highest BCUT2D eigenvalue weighted by atomic mass is 16.6. The maximum atomic E-state index is 14.1. The van der Waals surface area contributed by atoms with Crippen molar-refractivity contribution in [1.29, 1.82) is 0 Å². The third-order valence-corrected chi connectivity index (χ3v) is 7.50. The minimum Gasteiger partial charge on any atom is -0.278 e. The molecule has 8 nitrogen and oxygen atoms in total. The number of rotatable bonds is 9. The van der Waals surface area contributed by atoms with Gasteiger partial charge in [0.05, 0.1) is 12.8 Å². The van der Waals surface area contributed by atoms with Gasteiger partial charge in [-0.15, -0.1) is 0 Å². The third-order valence-electron chi connectivity index (χ3n) is 7.50. The van der Waals surface area contributed by atoms with E-state index >= 15 is 0 Å². The summed E-state index contributed by atoms with van der Waals surface area (Å²) in [5.74, 6) is 1.26. The van der Waals surface area contributed by atoms with Gasteiger partial charge in [-0.05, 0) is 36.0 Å². The molecule has 0 saturated heterocycles. The summed E-state index contributed by atoms with van der Waals surface area (Å²) < 4.78 is 3.83. The molecule has 39 heavy (non-hydrogen) atoms. The lowest BCUT2D eigenvalue weighted by Crippen LogP contribution is -2.33. The Labute approximate surface area is 229 Å². The van der Waals surface area contributed by atoms with Gasteiger partial charge in [-0.3, -0.25) is 14.2 Å². The largest absolute Gasteiger partial charge is 0.278 e. The summed E-state index contributed by atoms with van der Waals surface area (Å²) in [5, 5.41) is 4.56. The molecule has 0 spiro atoms. The van der Waals surface area contributed by atoms with Gasteiger partial charge in [-0.1, -0.05) is 87.7 Å². The van der Waals surface area contributed by atoms with Gasteiger partial charge in [0.25, 0.3) is 5.56 Å². The lowest BCUT2D eigenvalue weighted by atomic mass is 9.94. The molecule has 0 aliphatic heterocycles. The van der Waals surface area contributed by atoms with E-state index in [1.165, 1.54) is 12.6 Å². The van der Waals surface area contributed by atoms with Crippen molar-refractivity contribution in [2.45, 2.75) is 64.3 Å². The molecule has 0 unspecified atom stereocenters. The summed E-state index contributed by atoms with van der Waals surface area (Å²) in [6, 6.07) is 16.6. The Hall–Kier alpha value is -4.04. The summed E-state index contributed by atoms with van der Waals surface area (Å²) >= 11 is 0. The van der Waals surface area contributed by atoms with Gasteiger partial charge in [-0.2, -0.15) is 10.1 Å². The normalized spacial score (nSPS) is 14.6. The number of nitrogens with zero attached hydrogens (tertiary/aromatic N) is 5. The Morgan fingerprint density at radius 3 is 2.64 bits per heavy atom. The second kappa shape index (κ2) is 12.2. The molecule has 0 radical (unpaired) electrons. The molecule has 202 valence electrons. The Morgan fingerprint density at radius 2 is 1.92 bits per heavy atom. The molecule has 4 aromatic rings. The van der Waals surface area contributed by atoms with Crippen molar-refractivity contribution >= 4 is 11.6 Å². The van der Waals surface area contributed by atoms with Gasteiger partial charge in [0.2, 0.25) is 5.78 Å². The predicted molar refractivity (Wildman–Crippen MR) is 155 cm³/mol. The van der Waals surface area contributed by atoms with Gasteiger partial charge in [0, 0.05) is 29.8 Å². The zero-order valence-corrected chi connectivity index (χ0v) is 22.8. The van der Waals surface area contributed by atoms with Crippen LogP contribution in [0.2, 0.25) is 0 Å². The molecular weight excluding hydrogens is 488 g/mol. The van der Waals surface area contributed by atoms with Crippen molar-refractivity contribution in [3.63, 3.8) is 0 Å². The number of aliphatic imine (C=N–C) groups is 1. The Kier molecular flexibility index (Phi) is 8.32. The topological polar surface area (TPSA) is 85.8 Å². The first kappa shape index (κ1) is 26.6.